The largest absolute Gasteiger partial charge is 0.453 e. The van der Waals surface area contributed by atoms with Gasteiger partial charge in [-0.2, -0.15) is 0 Å². The van der Waals surface area contributed by atoms with Crippen LogP contribution in [0.1, 0.15) is 24.5 Å². The van der Waals surface area contributed by atoms with E-state index in [9.17, 15) is 9.59 Å². The number of esters is 1. The van der Waals surface area contributed by atoms with Gasteiger partial charge in [0.05, 0.1) is 0 Å². The van der Waals surface area contributed by atoms with Gasteiger partial charge in [-0.1, -0.05) is 30.3 Å². The quantitative estimate of drug-likeness (QED) is 0.740. The second-order valence-corrected chi connectivity index (χ2v) is 4.87. The fourth-order valence-electron chi connectivity index (χ4n) is 1.97. The van der Waals surface area contributed by atoms with Crippen molar-refractivity contribution in [1.29, 1.82) is 0 Å². The summed E-state index contributed by atoms with van der Waals surface area (Å²) in [5.74, 6) is -0.722. The van der Waals surface area contributed by atoms with Gasteiger partial charge in [0.25, 0.3) is 5.91 Å². The molecule has 1 atom stereocenters. The summed E-state index contributed by atoms with van der Waals surface area (Å²) in [6.07, 6.45) is 1.26. The van der Waals surface area contributed by atoms with Crippen LogP contribution in [-0.2, 0) is 19.1 Å². The average molecular weight is 277 g/mol. The zero-order valence-electron chi connectivity index (χ0n) is 11.7. The Hall–Kier alpha value is -1.88. The van der Waals surface area contributed by atoms with E-state index in [-0.39, 0.29) is 12.5 Å². The summed E-state index contributed by atoms with van der Waals surface area (Å²) < 4.78 is 10.2. The number of amides is 1. The van der Waals surface area contributed by atoms with Crippen molar-refractivity contribution in [2.75, 3.05) is 20.8 Å². The molecule has 1 aliphatic carbocycles. The molecule has 0 spiro atoms. The molecule has 1 aromatic rings. The first kappa shape index (κ1) is 14.5. The van der Waals surface area contributed by atoms with Gasteiger partial charge in [0.15, 0.2) is 12.7 Å². The lowest BCUT2D eigenvalue weighted by Gasteiger charge is -2.18. The topological polar surface area (TPSA) is 55.8 Å². The molecule has 0 saturated heterocycles. The van der Waals surface area contributed by atoms with E-state index >= 15 is 0 Å². The molecule has 0 aromatic heterocycles. The standard InChI is InChI=1S/C15H19NO4/c1-16(12-8-9-12)13(17)10-20-15(18)14(19-2)11-6-4-3-5-7-11/h3-7,12,14H,8-10H2,1-2H3/t14-/m1/s1. The van der Waals surface area contributed by atoms with Crippen LogP contribution in [0.15, 0.2) is 30.3 Å². The molecule has 0 N–H and O–H groups in total. The van der Waals surface area contributed by atoms with Crippen LogP contribution in [-0.4, -0.2) is 43.6 Å². The molecule has 0 unspecified atom stereocenters. The van der Waals surface area contributed by atoms with Crippen LogP contribution >= 0.6 is 0 Å². The number of benzene rings is 1. The van der Waals surface area contributed by atoms with Crippen molar-refractivity contribution >= 4 is 11.9 Å². The zero-order chi connectivity index (χ0) is 14.5. The molecule has 0 bridgehead atoms. The molecule has 0 aliphatic heterocycles. The van der Waals surface area contributed by atoms with Gasteiger partial charge in [0.2, 0.25) is 0 Å². The van der Waals surface area contributed by atoms with E-state index in [2.05, 4.69) is 0 Å². The summed E-state index contributed by atoms with van der Waals surface area (Å²) >= 11 is 0. The van der Waals surface area contributed by atoms with Crippen molar-refractivity contribution in [3.05, 3.63) is 35.9 Å². The van der Waals surface area contributed by atoms with Gasteiger partial charge in [0, 0.05) is 20.2 Å². The Labute approximate surface area is 118 Å². The molecular formula is C15H19NO4. The maximum atomic E-state index is 12.0. The van der Waals surface area contributed by atoms with Crippen molar-refractivity contribution in [3.8, 4) is 0 Å². The minimum atomic E-state index is -0.796. The second kappa shape index (κ2) is 6.52. The van der Waals surface area contributed by atoms with E-state index in [0.717, 1.165) is 12.8 Å². The highest BCUT2D eigenvalue weighted by molar-refractivity contribution is 5.82. The van der Waals surface area contributed by atoms with Crippen LogP contribution in [0.3, 0.4) is 0 Å². The van der Waals surface area contributed by atoms with Gasteiger partial charge in [-0.15, -0.1) is 0 Å². The third-order valence-corrected chi connectivity index (χ3v) is 3.38. The van der Waals surface area contributed by atoms with E-state index < -0.39 is 12.1 Å². The van der Waals surface area contributed by atoms with Crippen LogP contribution in [0, 0.1) is 0 Å². The molecule has 1 fully saturated rings. The Kier molecular flexibility index (Phi) is 4.74. The molecule has 1 aliphatic rings. The number of hydrogen-bond acceptors (Lipinski definition) is 4. The Balaban J connectivity index is 1.88. The molecule has 0 radical (unpaired) electrons. The van der Waals surface area contributed by atoms with Crippen molar-refractivity contribution in [2.45, 2.75) is 25.0 Å². The summed E-state index contributed by atoms with van der Waals surface area (Å²) in [5, 5.41) is 0. The zero-order valence-corrected chi connectivity index (χ0v) is 11.7. The monoisotopic (exact) mass is 277 g/mol. The van der Waals surface area contributed by atoms with Crippen molar-refractivity contribution in [1.82, 2.24) is 4.90 Å². The molecular weight excluding hydrogens is 258 g/mol. The highest BCUT2D eigenvalue weighted by Gasteiger charge is 2.30. The molecule has 20 heavy (non-hydrogen) atoms. The Morgan fingerprint density at radius 1 is 1.30 bits per heavy atom. The number of carbonyl (C=O) groups excluding carboxylic acids is 2. The summed E-state index contributed by atoms with van der Waals surface area (Å²) in [6, 6.07) is 9.38. The number of methoxy groups -OCH3 is 1. The SMILES string of the molecule is CO[C@@H](C(=O)OCC(=O)N(C)C1CC1)c1ccccc1. The van der Waals surface area contributed by atoms with Crippen LogP contribution in [0.5, 0.6) is 0 Å². The van der Waals surface area contributed by atoms with Gasteiger partial charge in [-0.05, 0) is 18.4 Å². The minimum Gasteiger partial charge on any atom is -0.453 e. The normalized spacial score (nSPS) is 15.5. The first-order valence-electron chi connectivity index (χ1n) is 6.63. The first-order valence-corrected chi connectivity index (χ1v) is 6.63. The van der Waals surface area contributed by atoms with Crippen LogP contribution in [0.2, 0.25) is 0 Å². The van der Waals surface area contributed by atoms with E-state index in [1.165, 1.54) is 7.11 Å². The van der Waals surface area contributed by atoms with Gasteiger partial charge in [0.1, 0.15) is 0 Å². The lowest BCUT2D eigenvalue weighted by molar-refractivity contribution is -0.161. The predicted octanol–water partition coefficient (Wildman–Crippen LogP) is 1.54. The van der Waals surface area contributed by atoms with Crippen LogP contribution in [0.25, 0.3) is 0 Å². The smallest absolute Gasteiger partial charge is 0.340 e. The van der Waals surface area contributed by atoms with Gasteiger partial charge in [-0.3, -0.25) is 4.79 Å². The average Bonchev–Trinajstić information content (AvgIpc) is 3.30. The van der Waals surface area contributed by atoms with Crippen molar-refractivity contribution in [2.24, 2.45) is 0 Å². The number of carbonyl (C=O) groups is 2. The van der Waals surface area contributed by atoms with Crippen molar-refractivity contribution < 1.29 is 19.1 Å². The first-order chi connectivity index (χ1) is 9.63. The van der Waals surface area contributed by atoms with Crippen LogP contribution in [0.4, 0.5) is 0 Å². The van der Waals surface area contributed by atoms with Gasteiger partial charge < -0.3 is 14.4 Å². The molecule has 1 saturated carbocycles. The van der Waals surface area contributed by atoms with Crippen LogP contribution < -0.4 is 0 Å². The molecule has 1 amide bonds. The Morgan fingerprint density at radius 3 is 2.50 bits per heavy atom. The summed E-state index contributed by atoms with van der Waals surface area (Å²) in [4.78, 5) is 25.4. The summed E-state index contributed by atoms with van der Waals surface area (Å²) in [5.41, 5.74) is 0.711. The molecule has 2 rings (SSSR count). The Bertz CT molecular complexity index is 470. The fraction of sp³-hybridized carbons (Fsp3) is 0.467. The molecule has 5 heteroatoms. The fourth-order valence-corrected chi connectivity index (χ4v) is 1.97. The molecule has 108 valence electrons. The second-order valence-electron chi connectivity index (χ2n) is 4.87. The minimum absolute atomic E-state index is 0.177. The number of ether oxygens (including phenoxy) is 2. The lowest BCUT2D eigenvalue weighted by atomic mass is 10.1. The third kappa shape index (κ3) is 3.57. The van der Waals surface area contributed by atoms with E-state index in [1.807, 2.05) is 18.2 Å². The number of nitrogens with zero attached hydrogens (tertiary/aromatic N) is 1. The summed E-state index contributed by atoms with van der Waals surface area (Å²) in [6.45, 7) is -0.238. The lowest BCUT2D eigenvalue weighted by Crippen LogP contribution is -2.33. The van der Waals surface area contributed by atoms with E-state index in [4.69, 9.17) is 9.47 Å². The molecule has 1 aromatic carbocycles. The highest BCUT2D eigenvalue weighted by atomic mass is 16.6. The van der Waals surface area contributed by atoms with Gasteiger partial charge in [-0.25, -0.2) is 4.79 Å². The number of rotatable bonds is 6. The maximum Gasteiger partial charge on any atom is 0.340 e. The van der Waals surface area contributed by atoms with Gasteiger partial charge >= 0.3 is 5.97 Å². The number of hydrogen-bond donors (Lipinski definition) is 0. The van der Waals surface area contributed by atoms with Crippen molar-refractivity contribution in [3.63, 3.8) is 0 Å². The summed E-state index contributed by atoms with van der Waals surface area (Å²) in [7, 11) is 3.18. The maximum absolute atomic E-state index is 12.0. The Morgan fingerprint density at radius 2 is 1.95 bits per heavy atom. The van der Waals surface area contributed by atoms with E-state index in [1.54, 1.807) is 24.1 Å². The third-order valence-electron chi connectivity index (χ3n) is 3.38. The molecule has 0 heterocycles. The predicted molar refractivity (Wildman–Crippen MR) is 72.9 cm³/mol. The number of likely N-dealkylation sites (N-methyl/N-ethyl adjacent to an activating group) is 1. The van der Waals surface area contributed by atoms with E-state index in [0.29, 0.717) is 11.6 Å². The molecule has 5 nitrogen and oxygen atoms in total. The highest BCUT2D eigenvalue weighted by Crippen LogP contribution is 2.25.